The molecule has 1 aromatic carbocycles. The lowest BCUT2D eigenvalue weighted by molar-refractivity contribution is 0.0422. The van der Waals surface area contributed by atoms with E-state index in [1.807, 2.05) is 6.92 Å². The summed E-state index contributed by atoms with van der Waals surface area (Å²) >= 11 is 0. The fraction of sp³-hybridized carbons (Fsp3) is 0.500. The molecule has 0 aliphatic carbocycles. The number of nitrogens with one attached hydrogen (secondary N) is 1. The van der Waals surface area contributed by atoms with Gasteiger partial charge in [-0.25, -0.2) is 4.39 Å². The molecule has 0 spiro atoms. The lowest BCUT2D eigenvalue weighted by Crippen LogP contribution is -2.49. The summed E-state index contributed by atoms with van der Waals surface area (Å²) in [6, 6.07) is 4.22. The first-order valence-electron chi connectivity index (χ1n) is 6.28. The highest BCUT2D eigenvalue weighted by Crippen LogP contribution is 2.22. The largest absolute Gasteiger partial charge is 0.497 e. The SMILES string of the molecule is COc1ccc(C(=O)NC2(C)CCOCC2)c(F)c1. The standard InChI is InChI=1S/C14H18FNO3/c1-14(5-7-19-8-6-14)16-13(17)11-4-3-10(18-2)9-12(11)15/h3-4,9H,5-8H2,1-2H3,(H,16,17). The van der Waals surface area contributed by atoms with Crippen LogP contribution in [0.1, 0.15) is 30.1 Å². The van der Waals surface area contributed by atoms with Gasteiger partial charge < -0.3 is 14.8 Å². The third-order valence-corrected chi connectivity index (χ3v) is 3.43. The lowest BCUT2D eigenvalue weighted by atomic mass is 9.92. The van der Waals surface area contributed by atoms with Crippen molar-refractivity contribution in [2.45, 2.75) is 25.3 Å². The van der Waals surface area contributed by atoms with Crippen molar-refractivity contribution in [2.75, 3.05) is 20.3 Å². The van der Waals surface area contributed by atoms with Crippen LogP contribution in [-0.2, 0) is 4.74 Å². The quantitative estimate of drug-likeness (QED) is 0.912. The first-order valence-corrected chi connectivity index (χ1v) is 6.28. The smallest absolute Gasteiger partial charge is 0.254 e. The van der Waals surface area contributed by atoms with Crippen LogP contribution in [0.4, 0.5) is 4.39 Å². The second-order valence-corrected chi connectivity index (χ2v) is 4.97. The molecule has 2 rings (SSSR count). The van der Waals surface area contributed by atoms with E-state index in [9.17, 15) is 9.18 Å². The number of hydrogen-bond acceptors (Lipinski definition) is 3. The molecule has 104 valence electrons. The van der Waals surface area contributed by atoms with Gasteiger partial charge in [-0.15, -0.1) is 0 Å². The van der Waals surface area contributed by atoms with Gasteiger partial charge in [0, 0.05) is 24.8 Å². The third-order valence-electron chi connectivity index (χ3n) is 3.43. The van der Waals surface area contributed by atoms with Gasteiger partial charge in [0.2, 0.25) is 0 Å². The van der Waals surface area contributed by atoms with Crippen LogP contribution in [0, 0.1) is 5.82 Å². The predicted molar refractivity (Wildman–Crippen MR) is 68.9 cm³/mol. The maximum atomic E-state index is 13.8. The molecule has 1 heterocycles. The first kappa shape index (κ1) is 13.8. The zero-order valence-corrected chi connectivity index (χ0v) is 11.2. The molecule has 19 heavy (non-hydrogen) atoms. The summed E-state index contributed by atoms with van der Waals surface area (Å²) in [4.78, 5) is 12.1. The van der Waals surface area contributed by atoms with Crippen molar-refractivity contribution < 1.29 is 18.7 Å². The molecule has 1 aliphatic rings. The van der Waals surface area contributed by atoms with Crippen LogP contribution in [0.2, 0.25) is 0 Å². The second kappa shape index (κ2) is 5.57. The number of methoxy groups -OCH3 is 1. The van der Waals surface area contributed by atoms with Gasteiger partial charge in [0.05, 0.1) is 12.7 Å². The van der Waals surface area contributed by atoms with Crippen molar-refractivity contribution in [3.8, 4) is 5.75 Å². The van der Waals surface area contributed by atoms with E-state index in [4.69, 9.17) is 9.47 Å². The Morgan fingerprint density at radius 2 is 2.11 bits per heavy atom. The van der Waals surface area contributed by atoms with E-state index in [0.29, 0.717) is 19.0 Å². The van der Waals surface area contributed by atoms with Crippen molar-refractivity contribution in [3.05, 3.63) is 29.6 Å². The summed E-state index contributed by atoms with van der Waals surface area (Å²) in [5, 5.41) is 2.89. The Labute approximate surface area is 111 Å². The Bertz CT molecular complexity index is 470. The molecular weight excluding hydrogens is 249 g/mol. The molecule has 1 amide bonds. The van der Waals surface area contributed by atoms with Gasteiger partial charge in [-0.1, -0.05) is 0 Å². The number of halogens is 1. The molecule has 0 saturated carbocycles. The summed E-state index contributed by atoms with van der Waals surface area (Å²) in [6.45, 7) is 3.18. The summed E-state index contributed by atoms with van der Waals surface area (Å²) in [7, 11) is 1.46. The molecule has 1 N–H and O–H groups in total. The summed E-state index contributed by atoms with van der Waals surface area (Å²) in [5.41, 5.74) is -0.296. The van der Waals surface area contributed by atoms with Gasteiger partial charge in [-0.2, -0.15) is 0 Å². The van der Waals surface area contributed by atoms with E-state index in [1.165, 1.54) is 19.2 Å². The molecule has 0 bridgehead atoms. The van der Waals surface area contributed by atoms with Crippen LogP contribution in [0.25, 0.3) is 0 Å². The zero-order valence-electron chi connectivity index (χ0n) is 11.2. The normalized spacial score (nSPS) is 17.8. The highest BCUT2D eigenvalue weighted by molar-refractivity contribution is 5.95. The Morgan fingerprint density at radius 1 is 1.42 bits per heavy atom. The van der Waals surface area contributed by atoms with E-state index >= 15 is 0 Å². The van der Waals surface area contributed by atoms with Crippen LogP contribution < -0.4 is 10.1 Å². The van der Waals surface area contributed by atoms with Crippen LogP contribution >= 0.6 is 0 Å². The minimum absolute atomic E-state index is 0.0357. The number of carbonyl (C=O) groups is 1. The van der Waals surface area contributed by atoms with E-state index in [1.54, 1.807) is 6.07 Å². The fourth-order valence-corrected chi connectivity index (χ4v) is 2.10. The summed E-state index contributed by atoms with van der Waals surface area (Å²) in [6.07, 6.45) is 1.47. The number of rotatable bonds is 3. The van der Waals surface area contributed by atoms with Gasteiger partial charge >= 0.3 is 0 Å². The van der Waals surface area contributed by atoms with Gasteiger partial charge in [-0.3, -0.25) is 4.79 Å². The zero-order chi connectivity index (χ0) is 13.9. The average Bonchev–Trinajstić information content (AvgIpc) is 2.38. The molecule has 5 heteroatoms. The van der Waals surface area contributed by atoms with E-state index < -0.39 is 11.7 Å². The number of amides is 1. The van der Waals surface area contributed by atoms with E-state index in [-0.39, 0.29) is 11.1 Å². The Balaban J connectivity index is 2.11. The topological polar surface area (TPSA) is 47.6 Å². The average molecular weight is 267 g/mol. The highest BCUT2D eigenvalue weighted by Gasteiger charge is 2.30. The third kappa shape index (κ3) is 3.23. The van der Waals surface area contributed by atoms with Crippen LogP contribution in [0.3, 0.4) is 0 Å². The Kier molecular flexibility index (Phi) is 4.04. The summed E-state index contributed by atoms with van der Waals surface area (Å²) < 4.78 is 24.0. The predicted octanol–water partition coefficient (Wildman–Crippen LogP) is 2.13. The molecule has 1 fully saturated rings. The van der Waals surface area contributed by atoms with Crippen LogP contribution in [-0.4, -0.2) is 31.8 Å². The number of carbonyl (C=O) groups excluding carboxylic acids is 1. The maximum absolute atomic E-state index is 13.8. The van der Waals surface area contributed by atoms with Gasteiger partial charge in [0.25, 0.3) is 5.91 Å². The summed E-state index contributed by atoms with van der Waals surface area (Å²) in [5.74, 6) is -0.580. The molecule has 0 radical (unpaired) electrons. The van der Waals surface area contributed by atoms with Crippen molar-refractivity contribution >= 4 is 5.91 Å². The molecule has 0 unspecified atom stereocenters. The monoisotopic (exact) mass is 267 g/mol. The maximum Gasteiger partial charge on any atom is 0.254 e. The minimum atomic E-state index is -0.576. The molecule has 0 atom stereocenters. The van der Waals surface area contributed by atoms with Gasteiger partial charge in [-0.05, 0) is 31.9 Å². The number of hydrogen-bond donors (Lipinski definition) is 1. The van der Waals surface area contributed by atoms with Gasteiger partial charge in [0.1, 0.15) is 11.6 Å². The number of benzene rings is 1. The highest BCUT2D eigenvalue weighted by atomic mass is 19.1. The second-order valence-electron chi connectivity index (χ2n) is 4.97. The van der Waals surface area contributed by atoms with Crippen molar-refractivity contribution in [3.63, 3.8) is 0 Å². The van der Waals surface area contributed by atoms with Gasteiger partial charge in [0.15, 0.2) is 0 Å². The minimum Gasteiger partial charge on any atom is -0.497 e. The molecular formula is C14H18FNO3. The van der Waals surface area contributed by atoms with Crippen molar-refractivity contribution in [2.24, 2.45) is 0 Å². The van der Waals surface area contributed by atoms with Crippen molar-refractivity contribution in [1.82, 2.24) is 5.32 Å². The van der Waals surface area contributed by atoms with Crippen molar-refractivity contribution in [1.29, 1.82) is 0 Å². The lowest BCUT2D eigenvalue weighted by Gasteiger charge is -2.34. The molecule has 0 aromatic heterocycles. The molecule has 4 nitrogen and oxygen atoms in total. The Morgan fingerprint density at radius 3 is 2.68 bits per heavy atom. The fourth-order valence-electron chi connectivity index (χ4n) is 2.10. The molecule has 1 saturated heterocycles. The molecule has 1 aromatic rings. The Hall–Kier alpha value is -1.62. The van der Waals surface area contributed by atoms with E-state index in [0.717, 1.165) is 12.8 Å². The van der Waals surface area contributed by atoms with E-state index in [2.05, 4.69) is 5.32 Å². The first-order chi connectivity index (χ1) is 9.04. The van der Waals surface area contributed by atoms with Crippen LogP contribution in [0.15, 0.2) is 18.2 Å². The van der Waals surface area contributed by atoms with Crippen LogP contribution in [0.5, 0.6) is 5.75 Å². The molecule has 1 aliphatic heterocycles. The number of ether oxygens (including phenoxy) is 2.